The molecular weight excluding hydrogens is 228 g/mol. The summed E-state index contributed by atoms with van der Waals surface area (Å²) in [5.74, 6) is -0.0800. The molecule has 1 amide bonds. The molecule has 0 saturated heterocycles. The van der Waals surface area contributed by atoms with Gasteiger partial charge in [-0.3, -0.25) is 4.79 Å². The van der Waals surface area contributed by atoms with Crippen molar-refractivity contribution in [2.45, 2.75) is 6.42 Å². The predicted molar refractivity (Wildman–Crippen MR) is 64.7 cm³/mol. The highest BCUT2D eigenvalue weighted by atomic mass is 35.5. The third-order valence-electron chi connectivity index (χ3n) is 1.94. The van der Waals surface area contributed by atoms with Crippen LogP contribution in [0.2, 0.25) is 5.02 Å². The van der Waals surface area contributed by atoms with Crippen LogP contribution in [0.1, 0.15) is 6.42 Å². The molecule has 4 nitrogen and oxygen atoms in total. The fourth-order valence-electron chi connectivity index (χ4n) is 1.20. The quantitative estimate of drug-likeness (QED) is 0.704. The second kappa shape index (κ2) is 7.09. The van der Waals surface area contributed by atoms with E-state index in [9.17, 15) is 4.79 Å². The molecule has 0 spiro atoms. The summed E-state index contributed by atoms with van der Waals surface area (Å²) in [7, 11) is 0. The van der Waals surface area contributed by atoms with E-state index in [1.54, 1.807) is 12.1 Å². The molecule has 1 aromatic carbocycles. The molecule has 0 atom stereocenters. The van der Waals surface area contributed by atoms with E-state index in [0.29, 0.717) is 24.5 Å². The number of carbonyl (C=O) groups excluding carboxylic acids is 1. The van der Waals surface area contributed by atoms with E-state index in [1.165, 1.54) is 0 Å². The van der Waals surface area contributed by atoms with E-state index in [-0.39, 0.29) is 12.5 Å². The Morgan fingerprint density at radius 2 is 2.19 bits per heavy atom. The fourth-order valence-corrected chi connectivity index (χ4v) is 1.39. The molecule has 16 heavy (non-hydrogen) atoms. The van der Waals surface area contributed by atoms with Crippen molar-refractivity contribution in [1.82, 2.24) is 5.32 Å². The van der Waals surface area contributed by atoms with Gasteiger partial charge in [-0.2, -0.15) is 0 Å². The van der Waals surface area contributed by atoms with Gasteiger partial charge in [0.25, 0.3) is 0 Å². The molecule has 88 valence electrons. The summed E-state index contributed by atoms with van der Waals surface area (Å²) in [5, 5.41) is 14.8. The maximum absolute atomic E-state index is 11.2. The lowest BCUT2D eigenvalue weighted by atomic mass is 10.3. The summed E-state index contributed by atoms with van der Waals surface area (Å²) in [4.78, 5) is 11.2. The number of halogens is 1. The molecule has 0 radical (unpaired) electrons. The van der Waals surface area contributed by atoms with Gasteiger partial charge in [-0.25, -0.2) is 0 Å². The number of hydrogen-bond donors (Lipinski definition) is 3. The number of aliphatic hydroxyl groups excluding tert-OH is 1. The summed E-state index contributed by atoms with van der Waals surface area (Å²) in [6, 6.07) is 7.32. The topological polar surface area (TPSA) is 61.4 Å². The Morgan fingerprint density at radius 1 is 1.38 bits per heavy atom. The second-order valence-corrected chi connectivity index (χ2v) is 3.70. The van der Waals surface area contributed by atoms with Gasteiger partial charge < -0.3 is 15.7 Å². The Labute approximate surface area is 99.6 Å². The van der Waals surface area contributed by atoms with E-state index >= 15 is 0 Å². The molecule has 0 unspecified atom stereocenters. The van der Waals surface area contributed by atoms with Crippen LogP contribution in [0.25, 0.3) is 0 Å². The highest BCUT2D eigenvalue weighted by Crippen LogP contribution is 2.14. The van der Waals surface area contributed by atoms with Crippen LogP contribution in [0, 0.1) is 0 Å². The normalized spacial score (nSPS) is 9.88. The van der Waals surface area contributed by atoms with Crippen LogP contribution in [-0.4, -0.2) is 30.7 Å². The van der Waals surface area contributed by atoms with Crippen molar-refractivity contribution in [3.63, 3.8) is 0 Å². The van der Waals surface area contributed by atoms with Crippen LogP contribution >= 0.6 is 11.6 Å². The standard InChI is InChI=1S/C11H15ClN2O2/c12-9-2-1-3-10(8-9)13-5-4-11(16)14-6-7-15/h1-3,8,13,15H,4-7H2,(H,14,16). The highest BCUT2D eigenvalue weighted by Gasteiger charge is 1.99. The number of nitrogens with one attached hydrogen (secondary N) is 2. The lowest BCUT2D eigenvalue weighted by Crippen LogP contribution is -2.27. The van der Waals surface area contributed by atoms with Crippen molar-refractivity contribution >= 4 is 23.2 Å². The number of carbonyl (C=O) groups is 1. The van der Waals surface area contributed by atoms with Crippen molar-refractivity contribution in [3.05, 3.63) is 29.3 Å². The van der Waals surface area contributed by atoms with Crippen molar-refractivity contribution in [3.8, 4) is 0 Å². The van der Waals surface area contributed by atoms with E-state index in [1.807, 2.05) is 12.1 Å². The summed E-state index contributed by atoms with van der Waals surface area (Å²) in [6.45, 7) is 0.807. The van der Waals surface area contributed by atoms with Crippen LogP contribution in [0.3, 0.4) is 0 Å². The minimum Gasteiger partial charge on any atom is -0.395 e. The first-order valence-electron chi connectivity index (χ1n) is 5.09. The predicted octanol–water partition coefficient (Wildman–Crippen LogP) is 1.25. The first kappa shape index (κ1) is 12.8. The van der Waals surface area contributed by atoms with Gasteiger partial charge in [0.2, 0.25) is 5.91 Å². The zero-order valence-electron chi connectivity index (χ0n) is 8.87. The lowest BCUT2D eigenvalue weighted by Gasteiger charge is -2.06. The van der Waals surface area contributed by atoms with Gasteiger partial charge in [0.1, 0.15) is 0 Å². The first-order valence-corrected chi connectivity index (χ1v) is 5.47. The average molecular weight is 243 g/mol. The lowest BCUT2D eigenvalue weighted by molar-refractivity contribution is -0.120. The fraction of sp³-hybridized carbons (Fsp3) is 0.364. The van der Waals surface area contributed by atoms with Crippen LogP contribution < -0.4 is 10.6 Å². The maximum atomic E-state index is 11.2. The second-order valence-electron chi connectivity index (χ2n) is 3.26. The van der Waals surface area contributed by atoms with Crippen molar-refractivity contribution in [2.24, 2.45) is 0 Å². The minimum atomic E-state index is -0.0800. The molecule has 1 aromatic rings. The molecule has 0 bridgehead atoms. The van der Waals surface area contributed by atoms with Crippen LogP contribution in [0.5, 0.6) is 0 Å². The molecule has 0 aliphatic rings. The van der Waals surface area contributed by atoms with Gasteiger partial charge >= 0.3 is 0 Å². The third kappa shape index (κ3) is 5.00. The Hall–Kier alpha value is -1.26. The Kier molecular flexibility index (Phi) is 5.67. The van der Waals surface area contributed by atoms with Crippen LogP contribution in [0.4, 0.5) is 5.69 Å². The molecule has 3 N–H and O–H groups in total. The molecule has 0 fully saturated rings. The number of rotatable bonds is 6. The molecule has 0 aliphatic carbocycles. The summed E-state index contributed by atoms with van der Waals surface area (Å²) >= 11 is 5.81. The van der Waals surface area contributed by atoms with Gasteiger partial charge in [-0.15, -0.1) is 0 Å². The van der Waals surface area contributed by atoms with Crippen molar-refractivity contribution < 1.29 is 9.90 Å². The molecule has 0 aliphatic heterocycles. The number of anilines is 1. The van der Waals surface area contributed by atoms with Crippen LogP contribution in [-0.2, 0) is 4.79 Å². The minimum absolute atomic E-state index is 0.0343. The SMILES string of the molecule is O=C(CCNc1cccc(Cl)c1)NCCO. The zero-order valence-corrected chi connectivity index (χ0v) is 9.63. The zero-order chi connectivity index (χ0) is 11.8. The number of benzene rings is 1. The molecule has 5 heteroatoms. The van der Waals surface area contributed by atoms with E-state index in [0.717, 1.165) is 5.69 Å². The van der Waals surface area contributed by atoms with Gasteiger partial charge in [-0.05, 0) is 18.2 Å². The van der Waals surface area contributed by atoms with Gasteiger partial charge in [0, 0.05) is 30.2 Å². The smallest absolute Gasteiger partial charge is 0.221 e. The third-order valence-corrected chi connectivity index (χ3v) is 2.17. The van der Waals surface area contributed by atoms with E-state index in [2.05, 4.69) is 10.6 Å². The van der Waals surface area contributed by atoms with Crippen molar-refractivity contribution in [2.75, 3.05) is 25.0 Å². The highest BCUT2D eigenvalue weighted by molar-refractivity contribution is 6.30. The largest absolute Gasteiger partial charge is 0.395 e. The molecule has 1 rings (SSSR count). The Balaban J connectivity index is 2.22. The van der Waals surface area contributed by atoms with Gasteiger partial charge in [0.05, 0.1) is 6.61 Å². The van der Waals surface area contributed by atoms with Crippen molar-refractivity contribution in [1.29, 1.82) is 0 Å². The number of hydrogen-bond acceptors (Lipinski definition) is 3. The molecular formula is C11H15ClN2O2. The van der Waals surface area contributed by atoms with E-state index < -0.39 is 0 Å². The number of amides is 1. The summed E-state index contributed by atoms with van der Waals surface area (Å²) in [5.41, 5.74) is 0.891. The molecule has 0 heterocycles. The molecule has 0 aromatic heterocycles. The Morgan fingerprint density at radius 3 is 2.88 bits per heavy atom. The summed E-state index contributed by atoms with van der Waals surface area (Å²) in [6.07, 6.45) is 0.368. The van der Waals surface area contributed by atoms with E-state index in [4.69, 9.17) is 16.7 Å². The number of aliphatic hydroxyl groups is 1. The maximum Gasteiger partial charge on any atom is 0.221 e. The van der Waals surface area contributed by atoms with Gasteiger partial charge in [-0.1, -0.05) is 17.7 Å². The molecule has 0 saturated carbocycles. The average Bonchev–Trinajstić information content (AvgIpc) is 2.26. The summed E-state index contributed by atoms with van der Waals surface area (Å²) < 4.78 is 0. The monoisotopic (exact) mass is 242 g/mol. The Bertz CT molecular complexity index is 345. The van der Waals surface area contributed by atoms with Gasteiger partial charge in [0.15, 0.2) is 0 Å². The first-order chi connectivity index (χ1) is 7.72. The van der Waals surface area contributed by atoms with Crippen LogP contribution in [0.15, 0.2) is 24.3 Å².